The molecule has 0 spiro atoms. The monoisotopic (exact) mass is 292 g/mol. The maximum absolute atomic E-state index is 11.1. The maximum atomic E-state index is 11.1. The van der Waals surface area contributed by atoms with Crippen LogP contribution in [0, 0.1) is 22.0 Å². The van der Waals surface area contributed by atoms with E-state index in [0.29, 0.717) is 11.4 Å². The second kappa shape index (κ2) is 7.29. The van der Waals surface area contributed by atoms with Crippen molar-refractivity contribution in [1.29, 1.82) is 0 Å². The SMILES string of the molecule is COc1ccc(NCCC2CCC(C)CC2)c([N+](=O)[O-])c1. The van der Waals surface area contributed by atoms with Gasteiger partial charge in [0.15, 0.2) is 0 Å². The summed E-state index contributed by atoms with van der Waals surface area (Å²) in [4.78, 5) is 10.7. The van der Waals surface area contributed by atoms with E-state index in [0.717, 1.165) is 24.8 Å². The Morgan fingerprint density at radius 3 is 2.67 bits per heavy atom. The Hall–Kier alpha value is -1.78. The Kier molecular flexibility index (Phi) is 5.42. The van der Waals surface area contributed by atoms with Crippen LogP contribution >= 0.6 is 0 Å². The van der Waals surface area contributed by atoms with Crippen molar-refractivity contribution in [2.24, 2.45) is 11.8 Å². The molecule has 1 aromatic carbocycles. The number of hydrogen-bond donors (Lipinski definition) is 1. The molecule has 1 saturated carbocycles. The van der Waals surface area contributed by atoms with Gasteiger partial charge < -0.3 is 10.1 Å². The van der Waals surface area contributed by atoms with Gasteiger partial charge in [-0.05, 0) is 30.4 Å². The van der Waals surface area contributed by atoms with Crippen LogP contribution in [-0.2, 0) is 0 Å². The smallest absolute Gasteiger partial charge is 0.296 e. The number of nitrogens with one attached hydrogen (secondary N) is 1. The maximum Gasteiger partial charge on any atom is 0.296 e. The van der Waals surface area contributed by atoms with Crippen molar-refractivity contribution in [1.82, 2.24) is 0 Å². The number of hydrogen-bond acceptors (Lipinski definition) is 4. The number of nitro benzene ring substituents is 1. The Labute approximate surface area is 125 Å². The zero-order valence-corrected chi connectivity index (χ0v) is 12.8. The van der Waals surface area contributed by atoms with Crippen molar-refractivity contribution in [3.05, 3.63) is 28.3 Å². The third-order valence-corrected chi connectivity index (χ3v) is 4.41. The quantitative estimate of drug-likeness (QED) is 0.629. The zero-order chi connectivity index (χ0) is 15.2. The molecule has 116 valence electrons. The van der Waals surface area contributed by atoms with Crippen molar-refractivity contribution in [2.45, 2.75) is 39.0 Å². The molecule has 1 aliphatic carbocycles. The minimum absolute atomic E-state index is 0.0756. The second-order valence-corrected chi connectivity index (χ2v) is 5.98. The number of benzene rings is 1. The molecular weight excluding hydrogens is 268 g/mol. The van der Waals surface area contributed by atoms with Gasteiger partial charge in [0.1, 0.15) is 11.4 Å². The van der Waals surface area contributed by atoms with Crippen molar-refractivity contribution >= 4 is 11.4 Å². The van der Waals surface area contributed by atoms with Gasteiger partial charge >= 0.3 is 0 Å². The predicted octanol–water partition coefficient (Wildman–Crippen LogP) is 4.23. The summed E-state index contributed by atoms with van der Waals surface area (Å²) in [5.74, 6) is 2.12. The molecule has 5 nitrogen and oxygen atoms in total. The molecule has 0 saturated heterocycles. The molecule has 0 unspecified atom stereocenters. The van der Waals surface area contributed by atoms with E-state index in [-0.39, 0.29) is 10.6 Å². The first kappa shape index (κ1) is 15.6. The average molecular weight is 292 g/mol. The van der Waals surface area contributed by atoms with Gasteiger partial charge in [-0.3, -0.25) is 10.1 Å². The van der Waals surface area contributed by atoms with Gasteiger partial charge in [-0.25, -0.2) is 0 Å². The van der Waals surface area contributed by atoms with Crippen LogP contribution in [0.3, 0.4) is 0 Å². The van der Waals surface area contributed by atoms with Crippen LogP contribution < -0.4 is 10.1 Å². The minimum Gasteiger partial charge on any atom is -0.496 e. The van der Waals surface area contributed by atoms with Crippen LogP contribution in [0.2, 0.25) is 0 Å². The van der Waals surface area contributed by atoms with Gasteiger partial charge in [0.05, 0.1) is 18.1 Å². The van der Waals surface area contributed by atoms with Crippen LogP contribution in [0.5, 0.6) is 5.75 Å². The van der Waals surface area contributed by atoms with Gasteiger partial charge in [0.2, 0.25) is 0 Å². The molecular formula is C16H24N2O3. The fourth-order valence-corrected chi connectivity index (χ4v) is 2.97. The minimum atomic E-state index is -0.368. The lowest BCUT2D eigenvalue weighted by molar-refractivity contribution is -0.384. The standard InChI is InChI=1S/C16H24N2O3/c1-12-3-5-13(6-4-12)9-10-17-15-8-7-14(21-2)11-16(15)18(19)20/h7-8,11-13,17H,3-6,9-10H2,1-2H3. The fourth-order valence-electron chi connectivity index (χ4n) is 2.97. The first-order chi connectivity index (χ1) is 10.1. The summed E-state index contributed by atoms with van der Waals surface area (Å²) in [6.45, 7) is 3.10. The van der Waals surface area contributed by atoms with E-state index in [1.165, 1.54) is 38.9 Å². The number of nitro groups is 1. The predicted molar refractivity (Wildman–Crippen MR) is 83.9 cm³/mol. The van der Waals surface area contributed by atoms with Gasteiger partial charge in [-0.1, -0.05) is 32.6 Å². The molecule has 1 aromatic rings. The van der Waals surface area contributed by atoms with E-state index in [9.17, 15) is 10.1 Å². The Morgan fingerprint density at radius 2 is 2.05 bits per heavy atom. The largest absolute Gasteiger partial charge is 0.496 e. The second-order valence-electron chi connectivity index (χ2n) is 5.98. The molecule has 5 heteroatoms. The van der Waals surface area contributed by atoms with E-state index < -0.39 is 0 Å². The number of ether oxygens (including phenoxy) is 1. The van der Waals surface area contributed by atoms with Gasteiger partial charge in [-0.15, -0.1) is 0 Å². The van der Waals surface area contributed by atoms with E-state index in [1.807, 2.05) is 0 Å². The number of nitrogens with zero attached hydrogens (tertiary/aromatic N) is 1. The molecule has 1 aliphatic rings. The fraction of sp³-hybridized carbons (Fsp3) is 0.625. The summed E-state index contributed by atoms with van der Waals surface area (Å²) in [5, 5.41) is 14.3. The number of rotatable bonds is 6. The van der Waals surface area contributed by atoms with E-state index >= 15 is 0 Å². The van der Waals surface area contributed by atoms with Gasteiger partial charge in [-0.2, -0.15) is 0 Å². The highest BCUT2D eigenvalue weighted by Gasteiger charge is 2.19. The zero-order valence-electron chi connectivity index (χ0n) is 12.8. The van der Waals surface area contributed by atoms with Crippen LogP contribution in [0.15, 0.2) is 18.2 Å². The topological polar surface area (TPSA) is 64.4 Å². The Bertz CT molecular complexity index is 482. The molecule has 0 aliphatic heterocycles. The molecule has 0 aromatic heterocycles. The van der Waals surface area contributed by atoms with E-state index in [2.05, 4.69) is 12.2 Å². The van der Waals surface area contributed by atoms with Crippen LogP contribution in [0.25, 0.3) is 0 Å². The van der Waals surface area contributed by atoms with Crippen molar-refractivity contribution in [3.8, 4) is 5.75 Å². The van der Waals surface area contributed by atoms with Crippen molar-refractivity contribution in [2.75, 3.05) is 19.0 Å². The van der Waals surface area contributed by atoms with Gasteiger partial charge in [0, 0.05) is 6.54 Å². The van der Waals surface area contributed by atoms with Crippen LogP contribution in [0.1, 0.15) is 39.0 Å². The molecule has 0 amide bonds. The molecule has 0 bridgehead atoms. The molecule has 21 heavy (non-hydrogen) atoms. The summed E-state index contributed by atoms with van der Waals surface area (Å²) in [5.41, 5.74) is 0.650. The third kappa shape index (κ3) is 4.34. The first-order valence-electron chi connectivity index (χ1n) is 7.66. The highest BCUT2D eigenvalue weighted by atomic mass is 16.6. The third-order valence-electron chi connectivity index (χ3n) is 4.41. The molecule has 2 rings (SSSR count). The number of methoxy groups -OCH3 is 1. The molecule has 0 atom stereocenters. The lowest BCUT2D eigenvalue weighted by Gasteiger charge is -2.26. The van der Waals surface area contributed by atoms with E-state index in [1.54, 1.807) is 12.1 Å². The molecule has 0 radical (unpaired) electrons. The van der Waals surface area contributed by atoms with Crippen molar-refractivity contribution < 1.29 is 9.66 Å². The lowest BCUT2D eigenvalue weighted by Crippen LogP contribution is -2.16. The molecule has 0 heterocycles. The summed E-state index contributed by atoms with van der Waals surface area (Å²) in [7, 11) is 1.51. The van der Waals surface area contributed by atoms with Crippen LogP contribution in [-0.4, -0.2) is 18.6 Å². The Balaban J connectivity index is 1.89. The van der Waals surface area contributed by atoms with Crippen molar-refractivity contribution in [3.63, 3.8) is 0 Å². The Morgan fingerprint density at radius 1 is 1.33 bits per heavy atom. The summed E-state index contributed by atoms with van der Waals surface area (Å²) in [6, 6.07) is 4.93. The first-order valence-corrected chi connectivity index (χ1v) is 7.66. The summed E-state index contributed by atoms with van der Waals surface area (Å²) < 4.78 is 5.04. The van der Waals surface area contributed by atoms with Crippen LogP contribution in [0.4, 0.5) is 11.4 Å². The van der Waals surface area contributed by atoms with E-state index in [4.69, 9.17) is 4.74 Å². The number of anilines is 1. The lowest BCUT2D eigenvalue weighted by atomic mass is 9.81. The van der Waals surface area contributed by atoms with Gasteiger partial charge in [0.25, 0.3) is 5.69 Å². The molecule has 1 fully saturated rings. The normalized spacial score (nSPS) is 21.8. The summed E-state index contributed by atoms with van der Waals surface area (Å²) >= 11 is 0. The summed E-state index contributed by atoms with van der Waals surface area (Å²) in [6.07, 6.45) is 6.28. The highest BCUT2D eigenvalue weighted by Crippen LogP contribution is 2.32. The molecule has 1 N–H and O–H groups in total. The highest BCUT2D eigenvalue weighted by molar-refractivity contribution is 5.63. The average Bonchev–Trinajstić information content (AvgIpc) is 2.49.